The van der Waals surface area contributed by atoms with Gasteiger partial charge in [-0.3, -0.25) is 41.5 Å². The predicted octanol–water partition coefficient (Wildman–Crippen LogP) is 0.319. The zero-order valence-electron chi connectivity index (χ0n) is 20.4. The van der Waals surface area contributed by atoms with Crippen molar-refractivity contribution in [2.75, 3.05) is 34.0 Å². The third-order valence-electron chi connectivity index (χ3n) is 5.59. The Morgan fingerprint density at radius 2 is 1.58 bits per heavy atom. The molecule has 18 nitrogen and oxygen atoms in total. The number of aromatic amines is 1. The minimum absolute atomic E-state index is 0.116. The van der Waals surface area contributed by atoms with Crippen LogP contribution >= 0.6 is 23.5 Å². The lowest BCUT2D eigenvalue weighted by molar-refractivity contribution is -0.0488. The molecule has 0 spiro atoms. The first-order valence-electron chi connectivity index (χ1n) is 11.0. The summed E-state index contributed by atoms with van der Waals surface area (Å²) in [5.74, 6) is 0. The van der Waals surface area contributed by atoms with Crippen molar-refractivity contribution in [1.82, 2.24) is 9.55 Å². The van der Waals surface area contributed by atoms with Crippen molar-refractivity contribution in [3.63, 3.8) is 0 Å². The normalized spacial score (nSPS) is 30.5. The lowest BCUT2D eigenvalue weighted by atomic mass is 10.2. The molecular formula is C17H29N2O16P3. The molecule has 3 heterocycles. The van der Waals surface area contributed by atoms with E-state index in [1.54, 1.807) is 0 Å². The van der Waals surface area contributed by atoms with Crippen LogP contribution in [0.15, 0.2) is 15.8 Å². The van der Waals surface area contributed by atoms with Crippen LogP contribution in [0.1, 0.15) is 24.6 Å². The van der Waals surface area contributed by atoms with Gasteiger partial charge in [0.25, 0.3) is 5.56 Å². The number of phosphoric acid groups is 3. The molecule has 0 amide bonds. The van der Waals surface area contributed by atoms with Crippen molar-refractivity contribution in [1.29, 1.82) is 0 Å². The summed E-state index contributed by atoms with van der Waals surface area (Å²) in [7, 11) is -11.8. The van der Waals surface area contributed by atoms with Crippen LogP contribution in [-0.4, -0.2) is 82.7 Å². The van der Waals surface area contributed by atoms with E-state index in [4.69, 9.17) is 27.6 Å². The van der Waals surface area contributed by atoms with Crippen molar-refractivity contribution in [2.24, 2.45) is 0 Å². The van der Waals surface area contributed by atoms with Crippen LogP contribution in [-0.2, 0) is 50.3 Å². The predicted molar refractivity (Wildman–Crippen MR) is 124 cm³/mol. The van der Waals surface area contributed by atoms with E-state index in [1.807, 2.05) is 0 Å². The summed E-state index contributed by atoms with van der Waals surface area (Å²) in [4.78, 5) is 55.5. The largest absolute Gasteiger partial charge is 0.472 e. The Morgan fingerprint density at radius 1 is 0.974 bits per heavy atom. The van der Waals surface area contributed by atoms with Gasteiger partial charge in [-0.2, -0.15) is 0 Å². The number of rotatable bonds is 13. The van der Waals surface area contributed by atoms with Crippen molar-refractivity contribution in [3.8, 4) is 0 Å². The first-order valence-corrected chi connectivity index (χ1v) is 15.5. The molecule has 218 valence electrons. The minimum atomic E-state index is -4.88. The Hall–Kier alpha value is -1.07. The fourth-order valence-electron chi connectivity index (χ4n) is 3.64. The summed E-state index contributed by atoms with van der Waals surface area (Å²) >= 11 is 0. The molecule has 2 aliphatic rings. The van der Waals surface area contributed by atoms with Gasteiger partial charge in [0.1, 0.15) is 30.6 Å². The van der Waals surface area contributed by atoms with E-state index in [0.717, 1.165) is 18.8 Å². The van der Waals surface area contributed by atoms with Gasteiger partial charge in [0, 0.05) is 45.4 Å². The number of H-pyrrole nitrogens is 1. The maximum absolute atomic E-state index is 12.7. The molecule has 38 heavy (non-hydrogen) atoms. The molecular weight excluding hydrogens is 581 g/mol. The van der Waals surface area contributed by atoms with Crippen molar-refractivity contribution >= 4 is 23.5 Å². The molecule has 2 aliphatic heterocycles. The van der Waals surface area contributed by atoms with Gasteiger partial charge in [0.15, 0.2) is 0 Å². The molecule has 8 atom stereocenters. The van der Waals surface area contributed by atoms with Crippen molar-refractivity contribution < 1.29 is 65.0 Å². The molecule has 3 rings (SSSR count). The first kappa shape index (κ1) is 31.5. The molecule has 0 aromatic carbocycles. The van der Waals surface area contributed by atoms with Crippen LogP contribution < -0.4 is 11.2 Å². The highest BCUT2D eigenvalue weighted by atomic mass is 31.2. The van der Waals surface area contributed by atoms with Gasteiger partial charge in [-0.15, -0.1) is 0 Å². The van der Waals surface area contributed by atoms with Crippen LogP contribution in [0.4, 0.5) is 0 Å². The molecule has 1 aromatic rings. The number of ether oxygens (including phenoxy) is 2. The molecule has 2 saturated heterocycles. The summed E-state index contributed by atoms with van der Waals surface area (Å²) in [6.45, 7) is 0.336. The molecule has 1 aromatic heterocycles. The molecule has 0 aliphatic carbocycles. The smallest absolute Gasteiger partial charge is 0.373 e. The van der Waals surface area contributed by atoms with Gasteiger partial charge in [0.2, 0.25) is 0 Å². The van der Waals surface area contributed by atoms with E-state index in [-0.39, 0.29) is 25.0 Å². The molecule has 2 fully saturated rings. The Morgan fingerprint density at radius 3 is 2.24 bits per heavy atom. The van der Waals surface area contributed by atoms with Crippen LogP contribution in [0.25, 0.3) is 0 Å². The molecule has 5 unspecified atom stereocenters. The van der Waals surface area contributed by atoms with E-state index in [0.29, 0.717) is 0 Å². The van der Waals surface area contributed by atoms with Gasteiger partial charge in [0.05, 0.1) is 13.2 Å². The number of hydrogen-bond donors (Lipinski definition) is 4. The highest BCUT2D eigenvalue weighted by Gasteiger charge is 2.44. The number of aromatic nitrogens is 2. The second-order valence-electron chi connectivity index (χ2n) is 8.19. The maximum Gasteiger partial charge on any atom is 0.472 e. The second kappa shape index (κ2) is 12.6. The maximum atomic E-state index is 12.7. The summed E-state index contributed by atoms with van der Waals surface area (Å²) < 4.78 is 76.9. The molecule has 0 saturated carbocycles. The molecule has 0 bridgehead atoms. The highest BCUT2D eigenvalue weighted by Crippen LogP contribution is 2.51. The van der Waals surface area contributed by atoms with Crippen LogP contribution in [0.5, 0.6) is 0 Å². The van der Waals surface area contributed by atoms with Crippen LogP contribution in [0, 0.1) is 6.92 Å². The van der Waals surface area contributed by atoms with Crippen molar-refractivity contribution in [3.05, 3.63) is 32.6 Å². The van der Waals surface area contributed by atoms with Crippen LogP contribution in [0.3, 0.4) is 0 Å². The molecule has 21 heteroatoms. The Balaban J connectivity index is 1.71. The van der Waals surface area contributed by atoms with Gasteiger partial charge in [-0.05, 0) is 6.92 Å². The molecule has 4 N–H and O–H groups in total. The summed E-state index contributed by atoms with van der Waals surface area (Å²) in [6.07, 6.45) is -4.52. The monoisotopic (exact) mass is 610 g/mol. The number of aryl methyl sites for hydroxylation is 1. The van der Waals surface area contributed by atoms with Gasteiger partial charge in [-0.25, -0.2) is 18.5 Å². The zero-order valence-corrected chi connectivity index (χ0v) is 23.1. The lowest BCUT2D eigenvalue weighted by Crippen LogP contribution is -2.33. The van der Waals surface area contributed by atoms with Gasteiger partial charge >= 0.3 is 29.2 Å². The third-order valence-corrected chi connectivity index (χ3v) is 8.54. The van der Waals surface area contributed by atoms with Crippen LogP contribution in [0.2, 0.25) is 0 Å². The van der Waals surface area contributed by atoms with E-state index in [2.05, 4.69) is 14.0 Å². The lowest BCUT2D eigenvalue weighted by Gasteiger charge is -2.24. The quantitative estimate of drug-likeness (QED) is 0.220. The number of nitrogens with one attached hydrogen (secondary N) is 1. The SMILES string of the molecule is COP(=O)(O)OC[C@H]1O[C@@H](n2cc(C)c(=O)[nH]c2=O)CC1OP(=O)(O)OC[C@H]1OCCC1OP(=O)(O)OC. The summed E-state index contributed by atoms with van der Waals surface area (Å²) in [6, 6.07) is 0. The third kappa shape index (κ3) is 8.46. The number of hydrogen-bond acceptors (Lipinski definition) is 13. The van der Waals surface area contributed by atoms with Gasteiger partial charge < -0.3 is 24.2 Å². The summed E-state index contributed by atoms with van der Waals surface area (Å²) in [5.41, 5.74) is -1.28. The van der Waals surface area contributed by atoms with E-state index in [9.17, 15) is 38.0 Å². The topological polar surface area (TPSA) is 241 Å². The second-order valence-corrected chi connectivity index (χ2v) is 12.7. The average Bonchev–Trinajstić information content (AvgIpc) is 3.44. The Labute approximate surface area is 215 Å². The van der Waals surface area contributed by atoms with E-state index < -0.39 is 78.6 Å². The zero-order chi connectivity index (χ0) is 28.3. The molecule has 0 radical (unpaired) electrons. The highest BCUT2D eigenvalue weighted by molar-refractivity contribution is 7.47. The number of phosphoric ester groups is 3. The van der Waals surface area contributed by atoms with E-state index >= 15 is 0 Å². The average molecular weight is 610 g/mol. The fourth-order valence-corrected chi connectivity index (χ4v) is 5.71. The van der Waals surface area contributed by atoms with Crippen molar-refractivity contribution in [2.45, 2.75) is 50.4 Å². The number of nitrogens with zero attached hydrogens (tertiary/aromatic N) is 1. The fraction of sp³-hybridized carbons (Fsp3) is 0.765. The Bertz CT molecular complexity index is 1230. The Kier molecular flexibility index (Phi) is 10.5. The van der Waals surface area contributed by atoms with E-state index in [1.165, 1.54) is 13.1 Å². The standard InChI is InChI=1S/C17H29N2O16P3/c1-10-7-19(17(21)18-16(10)20)15-6-12(14(33-15)9-31-36(22,23)28-2)35-38(26,27)32-8-13-11(4-5-30-13)34-37(24,25)29-3/h7,11-15H,4-6,8-9H2,1-3H3,(H,22,23)(H,24,25)(H,26,27)(H,18,20,21)/t11?,12?,13-,14-,15-/m1/s1. The van der Waals surface area contributed by atoms with Gasteiger partial charge in [-0.1, -0.05) is 0 Å². The minimum Gasteiger partial charge on any atom is -0.373 e. The summed E-state index contributed by atoms with van der Waals surface area (Å²) in [5, 5.41) is 0. The first-order chi connectivity index (χ1) is 17.6.